The molecular weight excluding hydrogens is 242 g/mol. The fourth-order valence-electron chi connectivity index (χ4n) is 1.71. The number of nitrogens with one attached hydrogen (secondary N) is 1. The number of urea groups is 1. The first kappa shape index (κ1) is 11.8. The smallest absolute Gasteiger partial charge is 0.323 e. The Labute approximate surface area is 102 Å². The zero-order chi connectivity index (χ0) is 12.4. The van der Waals surface area contributed by atoms with E-state index in [4.69, 9.17) is 5.11 Å². The SMILES string of the molecule is CN(CC(=O)O)C(=O)Nc1nc2c(s1)CCC2. The summed E-state index contributed by atoms with van der Waals surface area (Å²) in [6.45, 7) is -0.322. The molecule has 7 heteroatoms. The highest BCUT2D eigenvalue weighted by molar-refractivity contribution is 7.15. The third kappa shape index (κ3) is 2.73. The van der Waals surface area contributed by atoms with Gasteiger partial charge in [-0.15, -0.1) is 11.3 Å². The molecule has 0 aromatic carbocycles. The average molecular weight is 255 g/mol. The predicted molar refractivity (Wildman–Crippen MR) is 63.4 cm³/mol. The number of aryl methyl sites for hydroxylation is 2. The Bertz CT molecular complexity index is 436. The van der Waals surface area contributed by atoms with Crippen LogP contribution in [0.15, 0.2) is 0 Å². The number of aliphatic carboxylic acids is 1. The number of fused-ring (bicyclic) bond motifs is 1. The maximum atomic E-state index is 11.6. The van der Waals surface area contributed by atoms with E-state index in [1.807, 2.05) is 0 Å². The molecule has 0 radical (unpaired) electrons. The number of carboxylic acid groups (broad SMARTS) is 1. The topological polar surface area (TPSA) is 82.5 Å². The summed E-state index contributed by atoms with van der Waals surface area (Å²) in [6.07, 6.45) is 3.11. The number of amides is 2. The van der Waals surface area contributed by atoms with Gasteiger partial charge >= 0.3 is 12.0 Å². The van der Waals surface area contributed by atoms with Crippen LogP contribution in [0.25, 0.3) is 0 Å². The minimum Gasteiger partial charge on any atom is -0.480 e. The molecule has 0 spiro atoms. The highest BCUT2D eigenvalue weighted by Crippen LogP contribution is 2.30. The van der Waals surface area contributed by atoms with Gasteiger partial charge in [0.2, 0.25) is 0 Å². The Kier molecular flexibility index (Phi) is 3.28. The van der Waals surface area contributed by atoms with Gasteiger partial charge in [0.25, 0.3) is 0 Å². The number of hydrogen-bond donors (Lipinski definition) is 2. The lowest BCUT2D eigenvalue weighted by molar-refractivity contribution is -0.137. The zero-order valence-corrected chi connectivity index (χ0v) is 10.2. The third-order valence-electron chi connectivity index (χ3n) is 2.53. The highest BCUT2D eigenvalue weighted by atomic mass is 32.1. The molecular formula is C10H13N3O3S. The molecule has 0 atom stereocenters. The minimum absolute atomic E-state index is 0.322. The number of carbonyl (C=O) groups excluding carboxylic acids is 1. The molecule has 6 nitrogen and oxygen atoms in total. The number of rotatable bonds is 3. The van der Waals surface area contributed by atoms with Crippen LogP contribution in [0.1, 0.15) is 17.0 Å². The van der Waals surface area contributed by atoms with Crippen LogP contribution in [0, 0.1) is 0 Å². The van der Waals surface area contributed by atoms with Gasteiger partial charge in [0.15, 0.2) is 5.13 Å². The van der Waals surface area contributed by atoms with E-state index in [0.717, 1.165) is 29.9 Å². The van der Waals surface area contributed by atoms with Crippen LogP contribution in [0.5, 0.6) is 0 Å². The Morgan fingerprint density at radius 1 is 1.53 bits per heavy atom. The summed E-state index contributed by atoms with van der Waals surface area (Å²) in [6, 6.07) is -0.445. The maximum Gasteiger partial charge on any atom is 0.323 e. The van der Waals surface area contributed by atoms with E-state index in [9.17, 15) is 9.59 Å². The van der Waals surface area contributed by atoms with Gasteiger partial charge in [0, 0.05) is 11.9 Å². The van der Waals surface area contributed by atoms with Gasteiger partial charge < -0.3 is 10.0 Å². The van der Waals surface area contributed by atoms with Crippen molar-refractivity contribution in [2.45, 2.75) is 19.3 Å². The first-order chi connectivity index (χ1) is 8.06. The van der Waals surface area contributed by atoms with Crippen molar-refractivity contribution in [2.24, 2.45) is 0 Å². The van der Waals surface area contributed by atoms with E-state index in [-0.39, 0.29) is 6.54 Å². The maximum absolute atomic E-state index is 11.6. The average Bonchev–Trinajstić information content (AvgIpc) is 2.76. The van der Waals surface area contributed by atoms with E-state index < -0.39 is 12.0 Å². The number of likely N-dealkylation sites (N-methyl/N-ethyl adjacent to an activating group) is 1. The van der Waals surface area contributed by atoms with E-state index in [1.54, 1.807) is 0 Å². The van der Waals surface area contributed by atoms with Crippen LogP contribution >= 0.6 is 11.3 Å². The summed E-state index contributed by atoms with van der Waals surface area (Å²) in [5.74, 6) is -1.04. The van der Waals surface area contributed by atoms with E-state index in [1.165, 1.54) is 23.3 Å². The van der Waals surface area contributed by atoms with Crippen LogP contribution in [0.4, 0.5) is 9.93 Å². The standard InChI is InChI=1S/C10H13N3O3S/c1-13(5-8(14)15)10(16)12-9-11-6-3-2-4-7(6)17-9/h2-5H2,1H3,(H,14,15)(H,11,12,16). The quantitative estimate of drug-likeness (QED) is 0.849. The fraction of sp³-hybridized carbons (Fsp3) is 0.500. The summed E-state index contributed by atoms with van der Waals surface area (Å²) in [5, 5.41) is 11.7. The molecule has 0 unspecified atom stereocenters. The first-order valence-corrected chi connectivity index (χ1v) is 6.10. The summed E-state index contributed by atoms with van der Waals surface area (Å²) < 4.78 is 0. The lowest BCUT2D eigenvalue weighted by Crippen LogP contribution is -2.35. The number of hydrogen-bond acceptors (Lipinski definition) is 4. The Balaban J connectivity index is 1.96. The van der Waals surface area contributed by atoms with Gasteiger partial charge in [-0.1, -0.05) is 0 Å². The summed E-state index contributed by atoms with van der Waals surface area (Å²) >= 11 is 1.47. The molecule has 17 heavy (non-hydrogen) atoms. The molecule has 0 aliphatic heterocycles. The van der Waals surface area contributed by atoms with Crippen LogP contribution in [-0.4, -0.2) is 40.6 Å². The molecule has 2 rings (SSSR count). The van der Waals surface area contributed by atoms with Crippen molar-refractivity contribution in [2.75, 3.05) is 18.9 Å². The van der Waals surface area contributed by atoms with Crippen LogP contribution in [0.3, 0.4) is 0 Å². The van der Waals surface area contributed by atoms with Crippen LogP contribution < -0.4 is 5.32 Å². The van der Waals surface area contributed by atoms with Crippen LogP contribution in [0.2, 0.25) is 0 Å². The molecule has 0 bridgehead atoms. The Morgan fingerprint density at radius 3 is 2.94 bits per heavy atom. The largest absolute Gasteiger partial charge is 0.480 e. The number of carboxylic acids is 1. The van der Waals surface area contributed by atoms with Crippen molar-refractivity contribution in [1.82, 2.24) is 9.88 Å². The van der Waals surface area contributed by atoms with Gasteiger partial charge in [-0.25, -0.2) is 9.78 Å². The number of carbonyl (C=O) groups is 2. The fourth-order valence-corrected chi connectivity index (χ4v) is 2.74. The van der Waals surface area contributed by atoms with Gasteiger partial charge in [0.05, 0.1) is 5.69 Å². The second kappa shape index (κ2) is 4.70. The highest BCUT2D eigenvalue weighted by Gasteiger charge is 2.19. The van der Waals surface area contributed by atoms with Crippen LogP contribution in [-0.2, 0) is 17.6 Å². The van der Waals surface area contributed by atoms with Crippen molar-refractivity contribution in [3.05, 3.63) is 10.6 Å². The van der Waals surface area contributed by atoms with Crippen molar-refractivity contribution in [3.63, 3.8) is 0 Å². The van der Waals surface area contributed by atoms with E-state index in [2.05, 4.69) is 10.3 Å². The van der Waals surface area contributed by atoms with Crippen molar-refractivity contribution in [3.8, 4) is 0 Å². The molecule has 1 aliphatic carbocycles. The molecule has 1 aromatic heterocycles. The predicted octanol–water partition coefficient (Wildman–Crippen LogP) is 1.18. The molecule has 0 saturated heterocycles. The number of aromatic nitrogens is 1. The molecule has 92 valence electrons. The van der Waals surface area contributed by atoms with Gasteiger partial charge in [-0.05, 0) is 19.3 Å². The lowest BCUT2D eigenvalue weighted by atomic mass is 10.4. The van der Waals surface area contributed by atoms with Gasteiger partial charge in [-0.3, -0.25) is 10.1 Å². The molecule has 2 amide bonds. The number of nitrogens with zero attached hydrogens (tertiary/aromatic N) is 2. The second-order valence-electron chi connectivity index (χ2n) is 3.92. The molecule has 1 heterocycles. The summed E-state index contributed by atoms with van der Waals surface area (Å²) in [7, 11) is 1.44. The summed E-state index contributed by atoms with van der Waals surface area (Å²) in [4.78, 5) is 28.7. The van der Waals surface area contributed by atoms with Crippen molar-refractivity contribution < 1.29 is 14.7 Å². The minimum atomic E-state index is -1.04. The van der Waals surface area contributed by atoms with Gasteiger partial charge in [-0.2, -0.15) is 0 Å². The molecule has 1 aromatic rings. The Morgan fingerprint density at radius 2 is 2.29 bits per heavy atom. The molecule has 2 N–H and O–H groups in total. The van der Waals surface area contributed by atoms with E-state index in [0.29, 0.717) is 5.13 Å². The normalized spacial score (nSPS) is 13.2. The number of anilines is 1. The zero-order valence-electron chi connectivity index (χ0n) is 9.39. The van der Waals surface area contributed by atoms with Crippen molar-refractivity contribution >= 4 is 28.5 Å². The monoisotopic (exact) mass is 255 g/mol. The first-order valence-electron chi connectivity index (χ1n) is 5.29. The molecule has 0 saturated carbocycles. The number of thiazole rings is 1. The van der Waals surface area contributed by atoms with Gasteiger partial charge in [0.1, 0.15) is 6.54 Å². The molecule has 0 fully saturated rings. The summed E-state index contributed by atoms with van der Waals surface area (Å²) in [5.41, 5.74) is 1.06. The third-order valence-corrected chi connectivity index (χ3v) is 3.60. The Hall–Kier alpha value is -1.63. The second-order valence-corrected chi connectivity index (χ2v) is 5.01. The molecule has 1 aliphatic rings. The van der Waals surface area contributed by atoms with E-state index >= 15 is 0 Å². The lowest BCUT2D eigenvalue weighted by Gasteiger charge is -2.13. The van der Waals surface area contributed by atoms with Crippen molar-refractivity contribution in [1.29, 1.82) is 0 Å².